The Balaban J connectivity index is 1.32. The Labute approximate surface area is 139 Å². The van der Waals surface area contributed by atoms with Gasteiger partial charge in [0.15, 0.2) is 5.82 Å². The van der Waals surface area contributed by atoms with Crippen molar-refractivity contribution >= 4 is 5.95 Å². The monoisotopic (exact) mass is 330 g/mol. The van der Waals surface area contributed by atoms with E-state index in [1.165, 1.54) is 12.4 Å². The minimum atomic E-state index is -0.423. The first-order valence-electron chi connectivity index (χ1n) is 8.08. The van der Waals surface area contributed by atoms with Gasteiger partial charge in [-0.25, -0.2) is 14.4 Å². The highest BCUT2D eigenvalue weighted by atomic mass is 19.1. The zero-order chi connectivity index (χ0) is 16.4. The zero-order valence-electron chi connectivity index (χ0n) is 13.3. The Kier molecular flexibility index (Phi) is 4.12. The maximum atomic E-state index is 12.9. The topological polar surface area (TPSA) is 60.4 Å². The van der Waals surface area contributed by atoms with Gasteiger partial charge >= 0.3 is 0 Å². The van der Waals surface area contributed by atoms with Gasteiger partial charge in [-0.3, -0.25) is 4.98 Å². The summed E-state index contributed by atoms with van der Waals surface area (Å²) in [6.45, 7) is 3.45. The number of halogens is 1. The number of pyridine rings is 1. The molecule has 126 valence electrons. The van der Waals surface area contributed by atoms with Crippen molar-refractivity contribution in [3.05, 3.63) is 48.3 Å². The maximum Gasteiger partial charge on any atom is 0.225 e. The van der Waals surface area contributed by atoms with E-state index < -0.39 is 5.82 Å². The van der Waals surface area contributed by atoms with Crippen LogP contribution in [0.15, 0.2) is 36.9 Å². The van der Waals surface area contributed by atoms with Gasteiger partial charge in [0.05, 0.1) is 38.7 Å². The zero-order valence-corrected chi connectivity index (χ0v) is 13.3. The van der Waals surface area contributed by atoms with E-state index >= 15 is 0 Å². The summed E-state index contributed by atoms with van der Waals surface area (Å²) >= 11 is 0. The second-order valence-corrected chi connectivity index (χ2v) is 6.33. The molecule has 0 aliphatic carbocycles. The molecule has 0 saturated carbocycles. The molecule has 2 fully saturated rings. The molecule has 2 aliphatic rings. The molecule has 0 N–H and O–H groups in total. The Bertz CT molecular complexity index is 677. The van der Waals surface area contributed by atoms with Gasteiger partial charge in [0.25, 0.3) is 0 Å². The molecule has 24 heavy (non-hydrogen) atoms. The first-order chi connectivity index (χ1) is 11.8. The lowest BCUT2D eigenvalue weighted by molar-refractivity contribution is -0.0657. The molecule has 7 heteroatoms. The van der Waals surface area contributed by atoms with Crippen molar-refractivity contribution in [1.82, 2.24) is 15.0 Å². The van der Waals surface area contributed by atoms with Crippen molar-refractivity contribution in [2.24, 2.45) is 5.92 Å². The lowest BCUT2D eigenvalue weighted by Gasteiger charge is -2.50. The summed E-state index contributed by atoms with van der Waals surface area (Å²) < 4.78 is 24.8. The van der Waals surface area contributed by atoms with Crippen LogP contribution in [0, 0.1) is 11.7 Å². The predicted octanol–water partition coefficient (Wildman–Crippen LogP) is 1.82. The largest absolute Gasteiger partial charge is 0.376 e. The van der Waals surface area contributed by atoms with E-state index in [1.54, 1.807) is 12.4 Å². The average Bonchev–Trinajstić information content (AvgIpc) is 2.99. The van der Waals surface area contributed by atoms with Crippen LogP contribution in [0.1, 0.15) is 12.0 Å². The number of aromatic nitrogens is 3. The normalized spacial score (nSPS) is 21.9. The van der Waals surface area contributed by atoms with Gasteiger partial charge in [0.1, 0.15) is 5.60 Å². The molecule has 0 amide bonds. The van der Waals surface area contributed by atoms with Crippen LogP contribution in [-0.2, 0) is 16.1 Å². The fourth-order valence-electron chi connectivity index (χ4n) is 3.38. The van der Waals surface area contributed by atoms with E-state index in [1.807, 2.05) is 17.0 Å². The summed E-state index contributed by atoms with van der Waals surface area (Å²) in [5.41, 5.74) is 0.934. The SMILES string of the molecule is Fc1cnc(N2CC3(C2)OCC[C@H]3COCc2ccncc2)nc1. The number of rotatable bonds is 5. The second-order valence-electron chi connectivity index (χ2n) is 6.33. The molecule has 2 aliphatic heterocycles. The van der Waals surface area contributed by atoms with E-state index in [0.29, 0.717) is 25.1 Å². The van der Waals surface area contributed by atoms with Crippen molar-refractivity contribution in [3.63, 3.8) is 0 Å². The van der Waals surface area contributed by atoms with Crippen molar-refractivity contribution in [1.29, 1.82) is 0 Å². The maximum absolute atomic E-state index is 12.9. The van der Waals surface area contributed by atoms with Crippen molar-refractivity contribution in [2.75, 3.05) is 31.2 Å². The molecular formula is C17H19FN4O2. The lowest BCUT2D eigenvalue weighted by Crippen LogP contribution is -2.66. The van der Waals surface area contributed by atoms with Gasteiger partial charge < -0.3 is 14.4 Å². The van der Waals surface area contributed by atoms with E-state index in [0.717, 1.165) is 31.7 Å². The van der Waals surface area contributed by atoms with Crippen LogP contribution in [0.3, 0.4) is 0 Å². The highest BCUT2D eigenvalue weighted by molar-refractivity contribution is 5.38. The Morgan fingerprint density at radius 3 is 2.75 bits per heavy atom. The van der Waals surface area contributed by atoms with E-state index in [2.05, 4.69) is 15.0 Å². The van der Waals surface area contributed by atoms with Gasteiger partial charge in [-0.15, -0.1) is 0 Å². The molecule has 4 rings (SSSR count). The third-order valence-electron chi connectivity index (χ3n) is 4.74. The molecule has 0 aromatic carbocycles. The van der Waals surface area contributed by atoms with Gasteiger partial charge in [-0.1, -0.05) is 0 Å². The van der Waals surface area contributed by atoms with Crippen LogP contribution in [0.2, 0.25) is 0 Å². The van der Waals surface area contributed by atoms with Crippen LogP contribution < -0.4 is 4.90 Å². The first kappa shape index (κ1) is 15.4. The third kappa shape index (κ3) is 2.97. The fraction of sp³-hybridized carbons (Fsp3) is 0.471. The first-order valence-corrected chi connectivity index (χ1v) is 8.08. The van der Waals surface area contributed by atoms with Crippen LogP contribution in [0.5, 0.6) is 0 Å². The molecule has 0 bridgehead atoms. The number of nitrogens with zero attached hydrogens (tertiary/aromatic N) is 4. The van der Waals surface area contributed by atoms with Crippen LogP contribution in [0.25, 0.3) is 0 Å². The van der Waals surface area contributed by atoms with Crippen LogP contribution >= 0.6 is 0 Å². The van der Waals surface area contributed by atoms with Crippen LogP contribution in [0.4, 0.5) is 10.3 Å². The molecule has 6 nitrogen and oxygen atoms in total. The number of anilines is 1. The van der Waals surface area contributed by atoms with Crippen molar-refractivity contribution in [2.45, 2.75) is 18.6 Å². The number of ether oxygens (including phenoxy) is 2. The summed E-state index contributed by atoms with van der Waals surface area (Å²) in [6, 6.07) is 3.91. The molecule has 0 radical (unpaired) electrons. The Morgan fingerprint density at radius 2 is 2.00 bits per heavy atom. The van der Waals surface area contributed by atoms with E-state index in [4.69, 9.17) is 9.47 Å². The summed E-state index contributed by atoms with van der Waals surface area (Å²) in [5.74, 6) is 0.485. The number of hydrogen-bond donors (Lipinski definition) is 0. The highest BCUT2D eigenvalue weighted by Gasteiger charge is 2.53. The quantitative estimate of drug-likeness (QED) is 0.833. The summed E-state index contributed by atoms with van der Waals surface area (Å²) in [5, 5.41) is 0. The summed E-state index contributed by atoms with van der Waals surface area (Å²) in [4.78, 5) is 14.1. The minimum Gasteiger partial charge on any atom is -0.376 e. The van der Waals surface area contributed by atoms with Gasteiger partial charge in [-0.2, -0.15) is 0 Å². The van der Waals surface area contributed by atoms with Crippen molar-refractivity contribution in [3.8, 4) is 0 Å². The second kappa shape index (κ2) is 6.41. The molecule has 2 aromatic heterocycles. The summed E-state index contributed by atoms with van der Waals surface area (Å²) in [6.07, 6.45) is 6.92. The summed E-state index contributed by atoms with van der Waals surface area (Å²) in [7, 11) is 0. The van der Waals surface area contributed by atoms with Gasteiger partial charge in [0.2, 0.25) is 5.95 Å². The standard InChI is InChI=1S/C17H19FN4O2/c18-15-7-20-16(21-8-15)22-11-17(12-22)14(3-6-24-17)10-23-9-13-1-4-19-5-2-13/h1-2,4-5,7-8,14H,3,6,9-12H2/t14-/m0/s1. The Morgan fingerprint density at radius 1 is 1.25 bits per heavy atom. The fourth-order valence-corrected chi connectivity index (χ4v) is 3.38. The highest BCUT2D eigenvalue weighted by Crippen LogP contribution is 2.41. The van der Waals surface area contributed by atoms with Crippen molar-refractivity contribution < 1.29 is 13.9 Å². The molecule has 4 heterocycles. The average molecular weight is 330 g/mol. The minimum absolute atomic E-state index is 0.185. The third-order valence-corrected chi connectivity index (χ3v) is 4.74. The van der Waals surface area contributed by atoms with Crippen LogP contribution in [-0.4, -0.2) is 46.9 Å². The lowest BCUT2D eigenvalue weighted by atomic mass is 9.81. The van der Waals surface area contributed by atoms with Gasteiger partial charge in [0, 0.05) is 24.9 Å². The number of hydrogen-bond acceptors (Lipinski definition) is 6. The predicted molar refractivity (Wildman–Crippen MR) is 84.9 cm³/mol. The van der Waals surface area contributed by atoms with E-state index in [9.17, 15) is 4.39 Å². The molecule has 1 spiro atoms. The molecule has 2 saturated heterocycles. The van der Waals surface area contributed by atoms with E-state index in [-0.39, 0.29) is 5.60 Å². The molecule has 2 aromatic rings. The van der Waals surface area contributed by atoms with Gasteiger partial charge in [-0.05, 0) is 24.1 Å². The Hall–Kier alpha value is -2.12. The molecule has 1 atom stereocenters. The molecular weight excluding hydrogens is 311 g/mol. The smallest absolute Gasteiger partial charge is 0.225 e. The molecule has 0 unspecified atom stereocenters.